The minimum Gasteiger partial charge on any atom is -0.480 e. The van der Waals surface area contributed by atoms with Gasteiger partial charge < -0.3 is 26.4 Å². The number of rotatable bonds is 8. The maximum atomic E-state index is 13.7. The summed E-state index contributed by atoms with van der Waals surface area (Å²) in [7, 11) is -3.99. The zero-order valence-corrected chi connectivity index (χ0v) is 24.5. The average Bonchev–Trinajstić information content (AvgIpc) is 3.55. The molecule has 0 spiro atoms. The number of aliphatic carboxylic acids is 1. The Morgan fingerprint density at radius 1 is 1.24 bits per heavy atom. The Morgan fingerprint density at radius 3 is 2.76 bits per heavy atom. The lowest BCUT2D eigenvalue weighted by Gasteiger charge is -2.40. The van der Waals surface area contributed by atoms with E-state index in [1.54, 1.807) is 18.2 Å². The van der Waals surface area contributed by atoms with Crippen molar-refractivity contribution in [1.29, 1.82) is 5.41 Å². The van der Waals surface area contributed by atoms with Crippen LogP contribution in [-0.4, -0.2) is 89.6 Å². The number of carboxylic acid groups (broad SMARTS) is 1. The molecule has 2 amide bonds. The van der Waals surface area contributed by atoms with Gasteiger partial charge in [-0.3, -0.25) is 19.8 Å². The molecule has 4 heterocycles. The summed E-state index contributed by atoms with van der Waals surface area (Å²) in [6.07, 6.45) is 0.415. The van der Waals surface area contributed by atoms with Gasteiger partial charge in [0.05, 0.1) is 11.7 Å². The smallest absolute Gasteiger partial charge is 0.322 e. The predicted molar refractivity (Wildman–Crippen MR) is 154 cm³/mol. The summed E-state index contributed by atoms with van der Waals surface area (Å²) in [5.41, 5.74) is 6.92. The average molecular weight is 620 g/mol. The standard InChI is InChI=1S/C25H29N7O6S3/c1-13-6-17-19(10-28-13)40-24(30-17)25(36)32-5-4-31(12-16(32)9-20(33)29-11-21(34)35)41(37,38)22-8-15-7-14(23(26)27)2-3-18(15)39-22/h2-3,7-8,13,16,28H,4-6,9-12H2,1H3,(H3,26,27)(H,29,33)(H,34,35). The van der Waals surface area contributed by atoms with E-state index in [4.69, 9.17) is 16.2 Å². The summed E-state index contributed by atoms with van der Waals surface area (Å²) in [6.45, 7) is 1.96. The highest BCUT2D eigenvalue weighted by atomic mass is 32.2. The third-order valence-electron chi connectivity index (χ3n) is 7.03. The Balaban J connectivity index is 1.40. The quantitative estimate of drug-likeness (QED) is 0.179. The van der Waals surface area contributed by atoms with Crippen LogP contribution in [0, 0.1) is 5.41 Å². The number of carbonyl (C=O) groups excluding carboxylic acids is 2. The number of nitrogens with two attached hydrogens (primary N) is 1. The molecule has 2 aliphatic rings. The first-order valence-electron chi connectivity index (χ1n) is 12.8. The van der Waals surface area contributed by atoms with Crippen LogP contribution in [0.5, 0.6) is 0 Å². The fraction of sp³-hybridized carbons (Fsp3) is 0.400. The highest BCUT2D eigenvalue weighted by Crippen LogP contribution is 2.33. The number of aromatic nitrogens is 1. The van der Waals surface area contributed by atoms with Crippen molar-refractivity contribution in [2.75, 3.05) is 26.2 Å². The van der Waals surface area contributed by atoms with Gasteiger partial charge in [0.2, 0.25) is 5.91 Å². The van der Waals surface area contributed by atoms with Gasteiger partial charge in [-0.05, 0) is 36.6 Å². The number of fused-ring (bicyclic) bond motifs is 2. The zero-order chi connectivity index (χ0) is 29.5. The number of nitrogen functional groups attached to an aromatic ring is 1. The van der Waals surface area contributed by atoms with E-state index >= 15 is 0 Å². The lowest BCUT2D eigenvalue weighted by atomic mass is 10.1. The molecule has 2 aliphatic heterocycles. The number of benzene rings is 1. The number of hydrogen-bond acceptors (Lipinski definition) is 10. The number of nitrogens with one attached hydrogen (secondary N) is 3. The monoisotopic (exact) mass is 619 g/mol. The van der Waals surface area contributed by atoms with E-state index in [1.807, 2.05) is 6.92 Å². The molecule has 16 heteroatoms. The van der Waals surface area contributed by atoms with Gasteiger partial charge in [0.1, 0.15) is 16.6 Å². The van der Waals surface area contributed by atoms with Crippen LogP contribution < -0.4 is 16.4 Å². The van der Waals surface area contributed by atoms with Gasteiger partial charge in [0.15, 0.2) is 5.01 Å². The number of hydrogen-bond donors (Lipinski definition) is 5. The van der Waals surface area contributed by atoms with E-state index in [0.29, 0.717) is 28.6 Å². The van der Waals surface area contributed by atoms with Gasteiger partial charge in [-0.25, -0.2) is 13.4 Å². The third kappa shape index (κ3) is 6.11. The molecule has 1 fully saturated rings. The SMILES string of the molecule is CC1Cc2nc(C(=O)N3CCN(S(=O)(=O)c4cc5cc(C(=N)N)ccc5s4)CC3CC(=O)NCC(=O)O)sc2CN1. The van der Waals surface area contributed by atoms with Gasteiger partial charge in [0.25, 0.3) is 15.9 Å². The first kappa shape index (κ1) is 29.1. The van der Waals surface area contributed by atoms with Crippen molar-refractivity contribution in [3.63, 3.8) is 0 Å². The Labute approximate surface area is 243 Å². The van der Waals surface area contributed by atoms with Gasteiger partial charge in [-0.2, -0.15) is 4.31 Å². The number of carboxylic acids is 1. The lowest BCUT2D eigenvalue weighted by Crippen LogP contribution is -2.57. The van der Waals surface area contributed by atoms with Gasteiger partial charge in [-0.1, -0.05) is 0 Å². The third-order valence-corrected chi connectivity index (χ3v) is 11.6. The summed E-state index contributed by atoms with van der Waals surface area (Å²) < 4.78 is 29.5. The second-order valence-corrected chi connectivity index (χ2v) is 14.3. The topological polar surface area (TPSA) is 199 Å². The number of thiazole rings is 1. The molecule has 0 aliphatic carbocycles. The molecule has 218 valence electrons. The molecule has 1 saturated heterocycles. The van der Waals surface area contributed by atoms with Crippen LogP contribution in [-0.2, 0) is 32.6 Å². The van der Waals surface area contributed by atoms with Crippen LogP contribution in [0.3, 0.4) is 0 Å². The van der Waals surface area contributed by atoms with E-state index in [1.165, 1.54) is 26.6 Å². The van der Waals surface area contributed by atoms with Gasteiger partial charge in [0, 0.05) is 60.2 Å². The Morgan fingerprint density at radius 2 is 2.02 bits per heavy atom. The molecule has 2 aromatic heterocycles. The van der Waals surface area contributed by atoms with Crippen molar-refractivity contribution in [3.8, 4) is 0 Å². The molecule has 0 bridgehead atoms. The van der Waals surface area contributed by atoms with E-state index in [0.717, 1.165) is 21.9 Å². The molecule has 2 atom stereocenters. The summed E-state index contributed by atoms with van der Waals surface area (Å²) in [4.78, 5) is 44.2. The largest absolute Gasteiger partial charge is 0.480 e. The highest BCUT2D eigenvalue weighted by Gasteiger charge is 2.39. The van der Waals surface area contributed by atoms with Crippen LogP contribution in [0.1, 0.15) is 39.3 Å². The molecule has 2 unspecified atom stereocenters. The van der Waals surface area contributed by atoms with Crippen molar-refractivity contribution in [3.05, 3.63) is 45.4 Å². The Bertz CT molecular complexity index is 1650. The number of nitrogens with zero attached hydrogens (tertiary/aromatic N) is 3. The molecule has 3 aromatic rings. The summed E-state index contributed by atoms with van der Waals surface area (Å²) >= 11 is 2.37. The first-order chi connectivity index (χ1) is 19.4. The van der Waals surface area contributed by atoms with Gasteiger partial charge in [-0.15, -0.1) is 22.7 Å². The molecule has 41 heavy (non-hydrogen) atoms. The van der Waals surface area contributed by atoms with Crippen molar-refractivity contribution < 1.29 is 27.9 Å². The van der Waals surface area contributed by atoms with Crippen molar-refractivity contribution in [2.24, 2.45) is 5.73 Å². The molecule has 1 aromatic carbocycles. The minimum atomic E-state index is -3.99. The maximum absolute atomic E-state index is 13.7. The van der Waals surface area contributed by atoms with Crippen LogP contribution in [0.2, 0.25) is 0 Å². The number of amides is 2. The molecule has 5 rings (SSSR count). The van der Waals surface area contributed by atoms with Gasteiger partial charge >= 0.3 is 5.97 Å². The fourth-order valence-corrected chi connectivity index (χ4v) is 8.91. The molecule has 0 radical (unpaired) electrons. The number of piperazine rings is 1. The summed E-state index contributed by atoms with van der Waals surface area (Å²) in [6, 6.07) is 5.95. The van der Waals surface area contributed by atoms with Crippen molar-refractivity contribution >= 4 is 66.4 Å². The molecular formula is C25H29N7O6S3. The Kier molecular flexibility index (Phi) is 8.11. The predicted octanol–water partition coefficient (Wildman–Crippen LogP) is 0.782. The number of carbonyl (C=O) groups is 3. The summed E-state index contributed by atoms with van der Waals surface area (Å²) in [5, 5.41) is 23.1. The van der Waals surface area contributed by atoms with Crippen LogP contribution in [0.15, 0.2) is 28.5 Å². The van der Waals surface area contributed by atoms with Crippen molar-refractivity contribution in [1.82, 2.24) is 24.8 Å². The van der Waals surface area contributed by atoms with E-state index in [2.05, 4.69) is 15.6 Å². The number of sulfonamides is 1. The highest BCUT2D eigenvalue weighted by molar-refractivity contribution is 7.91. The molecular weight excluding hydrogens is 591 g/mol. The molecule has 6 N–H and O–H groups in total. The van der Waals surface area contributed by atoms with Crippen LogP contribution >= 0.6 is 22.7 Å². The molecule has 0 saturated carbocycles. The normalized spacial score (nSPS) is 19.6. The first-order valence-corrected chi connectivity index (χ1v) is 15.9. The zero-order valence-electron chi connectivity index (χ0n) is 22.0. The maximum Gasteiger partial charge on any atom is 0.322 e. The van der Waals surface area contributed by atoms with E-state index in [-0.39, 0.29) is 53.1 Å². The lowest BCUT2D eigenvalue weighted by molar-refractivity contribution is -0.138. The number of thiophene rings is 1. The second kappa shape index (κ2) is 11.4. The summed E-state index contributed by atoms with van der Waals surface area (Å²) in [5.74, 6) is -2.33. The minimum absolute atomic E-state index is 0.0118. The van der Waals surface area contributed by atoms with E-state index < -0.39 is 34.5 Å². The van der Waals surface area contributed by atoms with E-state index in [9.17, 15) is 22.8 Å². The molecule has 13 nitrogen and oxygen atoms in total. The van der Waals surface area contributed by atoms with Crippen molar-refractivity contribution in [2.45, 2.75) is 42.6 Å². The Hall–Kier alpha value is -3.44. The second-order valence-electron chi connectivity index (χ2n) is 10.00. The van der Waals surface area contributed by atoms with Crippen LogP contribution in [0.4, 0.5) is 0 Å². The fourth-order valence-electron chi connectivity index (χ4n) is 4.91. The van der Waals surface area contributed by atoms with Crippen LogP contribution in [0.25, 0.3) is 10.1 Å². The number of amidine groups is 1.